The summed E-state index contributed by atoms with van der Waals surface area (Å²) in [5.41, 5.74) is -0.340. The zero-order chi connectivity index (χ0) is 13.3. The van der Waals surface area contributed by atoms with E-state index in [0.717, 1.165) is 18.2 Å². The number of rotatable bonds is 2. The van der Waals surface area contributed by atoms with E-state index in [1.54, 1.807) is 0 Å². The highest BCUT2D eigenvalue weighted by Gasteiger charge is 2.18. The first-order chi connectivity index (χ1) is 8.50. The van der Waals surface area contributed by atoms with Crippen LogP contribution >= 0.6 is 23.2 Å². The van der Waals surface area contributed by atoms with Gasteiger partial charge in [-0.3, -0.25) is 4.79 Å². The molecule has 0 aliphatic carbocycles. The summed E-state index contributed by atoms with van der Waals surface area (Å²) in [6.07, 6.45) is 0. The molecule has 0 amide bonds. The van der Waals surface area contributed by atoms with Crippen LogP contribution < -0.4 is 0 Å². The third kappa shape index (κ3) is 2.37. The lowest BCUT2D eigenvalue weighted by molar-refractivity contribution is 0.103. The van der Waals surface area contributed by atoms with E-state index in [1.165, 1.54) is 18.2 Å². The van der Waals surface area contributed by atoms with Crippen molar-refractivity contribution in [3.8, 4) is 0 Å². The van der Waals surface area contributed by atoms with E-state index in [2.05, 4.69) is 0 Å². The molecule has 0 radical (unpaired) electrons. The number of benzene rings is 2. The smallest absolute Gasteiger partial charge is 0.197 e. The first-order valence-electron chi connectivity index (χ1n) is 4.94. The summed E-state index contributed by atoms with van der Waals surface area (Å²) in [4.78, 5) is 12.0. The first-order valence-corrected chi connectivity index (χ1v) is 5.70. The van der Waals surface area contributed by atoms with Crippen molar-refractivity contribution in [3.63, 3.8) is 0 Å². The van der Waals surface area contributed by atoms with Gasteiger partial charge in [0.1, 0.15) is 11.6 Å². The van der Waals surface area contributed by atoms with E-state index < -0.39 is 17.4 Å². The van der Waals surface area contributed by atoms with E-state index in [4.69, 9.17) is 23.2 Å². The topological polar surface area (TPSA) is 17.1 Å². The van der Waals surface area contributed by atoms with Crippen LogP contribution in [0.5, 0.6) is 0 Å². The molecule has 5 heteroatoms. The molecule has 18 heavy (non-hydrogen) atoms. The fourth-order valence-corrected chi connectivity index (χ4v) is 1.88. The minimum absolute atomic E-state index is 0.0211. The fraction of sp³-hybridized carbons (Fsp3) is 0. The molecule has 0 heterocycles. The van der Waals surface area contributed by atoms with Crippen molar-refractivity contribution < 1.29 is 13.6 Å². The van der Waals surface area contributed by atoms with Gasteiger partial charge in [0.25, 0.3) is 0 Å². The molecule has 0 saturated heterocycles. The number of carbonyl (C=O) groups is 1. The third-order valence-corrected chi connectivity index (χ3v) is 3.19. The van der Waals surface area contributed by atoms with Crippen LogP contribution in [0.15, 0.2) is 36.4 Å². The predicted molar refractivity (Wildman–Crippen MR) is 66.3 cm³/mol. The summed E-state index contributed by atoms with van der Waals surface area (Å²) in [6.45, 7) is 0. The molecule has 0 fully saturated rings. The third-order valence-electron chi connectivity index (χ3n) is 2.37. The normalized spacial score (nSPS) is 10.4. The Morgan fingerprint density at radius 1 is 1.00 bits per heavy atom. The highest BCUT2D eigenvalue weighted by molar-refractivity contribution is 6.44. The van der Waals surface area contributed by atoms with Gasteiger partial charge in [0, 0.05) is 5.56 Å². The van der Waals surface area contributed by atoms with Crippen molar-refractivity contribution in [1.29, 1.82) is 0 Å². The average Bonchev–Trinajstić information content (AvgIpc) is 2.35. The van der Waals surface area contributed by atoms with Crippen LogP contribution in [0.3, 0.4) is 0 Å². The van der Waals surface area contributed by atoms with Crippen molar-refractivity contribution >= 4 is 29.0 Å². The maximum absolute atomic E-state index is 13.5. The lowest BCUT2D eigenvalue weighted by Gasteiger charge is -2.06. The van der Waals surface area contributed by atoms with Crippen LogP contribution in [0.1, 0.15) is 15.9 Å². The van der Waals surface area contributed by atoms with Crippen LogP contribution in [-0.4, -0.2) is 5.78 Å². The van der Waals surface area contributed by atoms with Gasteiger partial charge in [-0.15, -0.1) is 0 Å². The van der Waals surface area contributed by atoms with Gasteiger partial charge in [0.15, 0.2) is 5.78 Å². The summed E-state index contributed by atoms with van der Waals surface area (Å²) in [5, 5.41) is 0.201. The number of hydrogen-bond acceptors (Lipinski definition) is 1. The lowest BCUT2D eigenvalue weighted by Crippen LogP contribution is -2.05. The maximum atomic E-state index is 13.5. The number of ketones is 1. The zero-order valence-electron chi connectivity index (χ0n) is 8.88. The maximum Gasteiger partial charge on any atom is 0.197 e. The average molecular weight is 287 g/mol. The van der Waals surface area contributed by atoms with Gasteiger partial charge in [-0.2, -0.15) is 0 Å². The van der Waals surface area contributed by atoms with Crippen molar-refractivity contribution in [2.45, 2.75) is 0 Å². The highest BCUT2D eigenvalue weighted by Crippen LogP contribution is 2.28. The Hall–Kier alpha value is -1.45. The highest BCUT2D eigenvalue weighted by atomic mass is 35.5. The second-order valence-electron chi connectivity index (χ2n) is 3.55. The second kappa shape index (κ2) is 5.04. The van der Waals surface area contributed by atoms with E-state index >= 15 is 0 Å². The molecule has 0 N–H and O–H groups in total. The molecule has 92 valence electrons. The van der Waals surface area contributed by atoms with E-state index in [-0.39, 0.29) is 21.2 Å². The largest absolute Gasteiger partial charge is 0.288 e. The van der Waals surface area contributed by atoms with Gasteiger partial charge in [-0.25, -0.2) is 8.78 Å². The lowest BCUT2D eigenvalue weighted by atomic mass is 10.0. The van der Waals surface area contributed by atoms with Crippen LogP contribution in [0, 0.1) is 11.6 Å². The molecule has 2 aromatic carbocycles. The Morgan fingerprint density at radius 3 is 2.44 bits per heavy atom. The standard InChI is InChI=1S/C13H6Cl2F2O/c14-10-3-1-2-8(12(10)15)13(18)9-6-7(16)4-5-11(9)17/h1-6H. The molecular weight excluding hydrogens is 281 g/mol. The van der Waals surface area contributed by atoms with Gasteiger partial charge in [0.2, 0.25) is 0 Å². The Balaban J connectivity index is 2.55. The second-order valence-corrected chi connectivity index (χ2v) is 4.34. The molecule has 2 aromatic rings. The SMILES string of the molecule is O=C(c1cc(F)ccc1F)c1cccc(Cl)c1Cl. The molecule has 0 atom stereocenters. The molecule has 0 aromatic heterocycles. The van der Waals surface area contributed by atoms with Crippen molar-refractivity contribution in [2.75, 3.05) is 0 Å². The summed E-state index contributed by atoms with van der Waals surface area (Å²) < 4.78 is 26.5. The van der Waals surface area contributed by atoms with Gasteiger partial charge >= 0.3 is 0 Å². The minimum atomic E-state index is -0.808. The van der Waals surface area contributed by atoms with Crippen LogP contribution in [-0.2, 0) is 0 Å². The summed E-state index contributed by atoms with van der Waals surface area (Å²) in [6, 6.07) is 7.07. The number of carbonyl (C=O) groups excluding carboxylic acids is 1. The zero-order valence-corrected chi connectivity index (χ0v) is 10.4. The van der Waals surface area contributed by atoms with Crippen molar-refractivity contribution in [2.24, 2.45) is 0 Å². The number of halogens is 4. The van der Waals surface area contributed by atoms with Crippen LogP contribution in [0.4, 0.5) is 8.78 Å². The molecule has 2 rings (SSSR count). The van der Waals surface area contributed by atoms with E-state index in [1.807, 2.05) is 0 Å². The number of hydrogen-bond donors (Lipinski definition) is 0. The molecule has 0 saturated carbocycles. The summed E-state index contributed by atoms with van der Waals surface area (Å²) in [5.74, 6) is -2.21. The first kappa shape index (κ1) is 13.0. The van der Waals surface area contributed by atoms with Crippen molar-refractivity contribution in [3.05, 3.63) is 69.2 Å². The molecule has 0 bridgehead atoms. The van der Waals surface area contributed by atoms with Gasteiger partial charge in [-0.1, -0.05) is 29.3 Å². The quantitative estimate of drug-likeness (QED) is 0.743. The van der Waals surface area contributed by atoms with Gasteiger partial charge in [-0.05, 0) is 30.3 Å². The molecule has 0 unspecified atom stereocenters. The van der Waals surface area contributed by atoms with E-state index in [0.29, 0.717) is 0 Å². The molecule has 0 aliphatic rings. The van der Waals surface area contributed by atoms with Crippen molar-refractivity contribution in [1.82, 2.24) is 0 Å². The fourth-order valence-electron chi connectivity index (χ4n) is 1.50. The van der Waals surface area contributed by atoms with Gasteiger partial charge in [0.05, 0.1) is 15.6 Å². The summed E-state index contributed by atoms with van der Waals surface area (Å²) >= 11 is 11.6. The Morgan fingerprint density at radius 2 is 1.72 bits per heavy atom. The predicted octanol–water partition coefficient (Wildman–Crippen LogP) is 4.50. The molecule has 1 nitrogen and oxygen atoms in total. The van der Waals surface area contributed by atoms with E-state index in [9.17, 15) is 13.6 Å². The van der Waals surface area contributed by atoms with Crippen LogP contribution in [0.25, 0.3) is 0 Å². The minimum Gasteiger partial charge on any atom is -0.288 e. The Bertz CT molecular complexity index is 622. The summed E-state index contributed by atoms with van der Waals surface area (Å²) in [7, 11) is 0. The monoisotopic (exact) mass is 286 g/mol. The van der Waals surface area contributed by atoms with Gasteiger partial charge < -0.3 is 0 Å². The Kier molecular flexibility index (Phi) is 3.64. The molecular formula is C13H6Cl2F2O. The van der Waals surface area contributed by atoms with Crippen LogP contribution in [0.2, 0.25) is 10.0 Å². The molecule has 0 aliphatic heterocycles. The molecule has 0 spiro atoms. The Labute approximate surface area is 112 Å².